The summed E-state index contributed by atoms with van der Waals surface area (Å²) < 4.78 is 20.9. The Hall–Kier alpha value is -3.68. The van der Waals surface area contributed by atoms with Gasteiger partial charge in [-0.15, -0.1) is 0 Å². The lowest BCUT2D eigenvalue weighted by molar-refractivity contribution is 0.354. The van der Waals surface area contributed by atoms with Crippen molar-refractivity contribution in [2.24, 2.45) is 0 Å². The van der Waals surface area contributed by atoms with Crippen LogP contribution < -0.4 is 9.47 Å². The lowest BCUT2D eigenvalue weighted by atomic mass is 10.2. The first-order valence-electron chi connectivity index (χ1n) is 8.69. The van der Waals surface area contributed by atoms with Crippen LogP contribution in [0.15, 0.2) is 57.6 Å². The minimum absolute atomic E-state index is 0.507. The Labute approximate surface area is 161 Å². The molecule has 0 bridgehead atoms. The molecule has 0 fully saturated rings. The average molecular weight is 378 g/mol. The largest absolute Gasteiger partial charge is 0.497 e. The van der Waals surface area contributed by atoms with Gasteiger partial charge < -0.3 is 18.5 Å². The monoisotopic (exact) mass is 378 g/mol. The van der Waals surface area contributed by atoms with Crippen LogP contribution in [0.4, 0.5) is 0 Å². The zero-order valence-electron chi connectivity index (χ0n) is 15.5. The van der Waals surface area contributed by atoms with Crippen LogP contribution in [0.2, 0.25) is 0 Å². The maximum Gasteiger partial charge on any atom is 0.227 e. The summed E-state index contributed by atoms with van der Waals surface area (Å²) in [5.41, 5.74) is 1.71. The number of aryl methyl sites for hydroxylation is 2. The van der Waals surface area contributed by atoms with Crippen LogP contribution in [0.1, 0.15) is 11.8 Å². The molecular weight excluding hydrogens is 360 g/mol. The van der Waals surface area contributed by atoms with Gasteiger partial charge in [-0.25, -0.2) is 0 Å². The second kappa shape index (κ2) is 7.91. The maximum atomic E-state index is 5.32. The molecule has 2 heterocycles. The molecule has 8 nitrogen and oxygen atoms in total. The molecule has 8 heteroatoms. The first-order chi connectivity index (χ1) is 13.7. The molecule has 0 radical (unpaired) electrons. The highest BCUT2D eigenvalue weighted by molar-refractivity contribution is 5.56. The van der Waals surface area contributed by atoms with Crippen molar-refractivity contribution in [2.45, 2.75) is 12.8 Å². The van der Waals surface area contributed by atoms with E-state index in [1.165, 1.54) is 0 Å². The van der Waals surface area contributed by atoms with Crippen molar-refractivity contribution in [2.75, 3.05) is 14.2 Å². The molecule has 0 amide bonds. The molecule has 0 saturated heterocycles. The molecule has 0 spiro atoms. The fourth-order valence-corrected chi connectivity index (χ4v) is 2.64. The normalized spacial score (nSPS) is 10.8. The second-order valence-corrected chi connectivity index (χ2v) is 5.98. The van der Waals surface area contributed by atoms with E-state index in [0.29, 0.717) is 36.3 Å². The number of hydrogen-bond donors (Lipinski definition) is 0. The zero-order chi connectivity index (χ0) is 19.3. The third-order valence-electron chi connectivity index (χ3n) is 4.19. The number of nitrogens with zero attached hydrogens (tertiary/aromatic N) is 4. The van der Waals surface area contributed by atoms with Gasteiger partial charge in [-0.3, -0.25) is 0 Å². The standard InChI is InChI=1S/C20H18N4O4/c1-25-15-7-3-13(4-8-15)19-21-17(27-23-19)11-12-18-22-20(24-28-18)14-5-9-16(26-2)10-6-14/h3-10H,11-12H2,1-2H3. The van der Waals surface area contributed by atoms with Crippen LogP contribution in [0.5, 0.6) is 11.5 Å². The van der Waals surface area contributed by atoms with E-state index in [4.69, 9.17) is 18.5 Å². The number of rotatable bonds is 7. The second-order valence-electron chi connectivity index (χ2n) is 5.98. The molecule has 0 saturated carbocycles. The van der Waals surface area contributed by atoms with Crippen LogP contribution in [0.3, 0.4) is 0 Å². The smallest absolute Gasteiger partial charge is 0.227 e. The molecule has 2 aromatic carbocycles. The molecule has 0 aliphatic heterocycles. The molecule has 0 unspecified atom stereocenters. The van der Waals surface area contributed by atoms with Gasteiger partial charge in [-0.1, -0.05) is 10.3 Å². The minimum atomic E-state index is 0.507. The summed E-state index contributed by atoms with van der Waals surface area (Å²) in [4.78, 5) is 8.83. The molecule has 0 atom stereocenters. The third-order valence-corrected chi connectivity index (χ3v) is 4.19. The average Bonchev–Trinajstić information content (AvgIpc) is 3.42. The Bertz CT molecular complexity index is 953. The Morgan fingerprint density at radius 1 is 0.643 bits per heavy atom. The van der Waals surface area contributed by atoms with Crippen molar-refractivity contribution < 1.29 is 18.5 Å². The van der Waals surface area contributed by atoms with Crippen LogP contribution in [-0.4, -0.2) is 34.5 Å². The van der Waals surface area contributed by atoms with Gasteiger partial charge in [0.15, 0.2) is 0 Å². The molecule has 2 aromatic heterocycles. The van der Waals surface area contributed by atoms with Gasteiger partial charge in [-0.05, 0) is 48.5 Å². The number of benzene rings is 2. The van der Waals surface area contributed by atoms with E-state index in [9.17, 15) is 0 Å². The van der Waals surface area contributed by atoms with Crippen molar-refractivity contribution >= 4 is 0 Å². The topological polar surface area (TPSA) is 96.3 Å². The van der Waals surface area contributed by atoms with E-state index in [1.54, 1.807) is 14.2 Å². The fourth-order valence-electron chi connectivity index (χ4n) is 2.64. The molecular formula is C20H18N4O4. The van der Waals surface area contributed by atoms with Crippen molar-refractivity contribution in [3.05, 3.63) is 60.3 Å². The van der Waals surface area contributed by atoms with Crippen LogP contribution in [0, 0.1) is 0 Å². The summed E-state index contributed by atoms with van der Waals surface area (Å²) in [5, 5.41) is 8.04. The Morgan fingerprint density at radius 2 is 1.04 bits per heavy atom. The number of hydrogen-bond acceptors (Lipinski definition) is 8. The summed E-state index contributed by atoms with van der Waals surface area (Å²) >= 11 is 0. The third kappa shape index (κ3) is 3.85. The lowest BCUT2D eigenvalue weighted by Crippen LogP contribution is -1.92. The van der Waals surface area contributed by atoms with Crippen molar-refractivity contribution in [3.63, 3.8) is 0 Å². The highest BCUT2D eigenvalue weighted by Gasteiger charge is 2.13. The first kappa shape index (κ1) is 17.7. The van der Waals surface area contributed by atoms with E-state index in [0.717, 1.165) is 22.6 Å². The quantitative estimate of drug-likeness (QED) is 0.481. The summed E-state index contributed by atoms with van der Waals surface area (Å²) in [6.07, 6.45) is 1.01. The SMILES string of the molecule is COc1ccc(-c2noc(CCc3nc(-c4ccc(OC)cc4)no3)n2)cc1. The number of methoxy groups -OCH3 is 2. The lowest BCUT2D eigenvalue weighted by Gasteiger charge is -1.99. The minimum Gasteiger partial charge on any atom is -0.497 e. The molecule has 4 rings (SSSR count). The van der Waals surface area contributed by atoms with Crippen LogP contribution in [0.25, 0.3) is 22.8 Å². The number of ether oxygens (including phenoxy) is 2. The summed E-state index contributed by atoms with van der Waals surface area (Å²) in [6.45, 7) is 0. The van der Waals surface area contributed by atoms with Gasteiger partial charge in [0.25, 0.3) is 0 Å². The summed E-state index contributed by atoms with van der Waals surface area (Å²) in [5.74, 6) is 3.63. The van der Waals surface area contributed by atoms with E-state index >= 15 is 0 Å². The molecule has 4 aromatic rings. The van der Waals surface area contributed by atoms with Gasteiger partial charge in [0.2, 0.25) is 23.4 Å². The van der Waals surface area contributed by atoms with Gasteiger partial charge in [0.1, 0.15) is 11.5 Å². The predicted octanol–water partition coefficient (Wildman–Crippen LogP) is 3.59. The van der Waals surface area contributed by atoms with Crippen molar-refractivity contribution in [1.29, 1.82) is 0 Å². The molecule has 0 aliphatic carbocycles. The highest BCUT2D eigenvalue weighted by atomic mass is 16.5. The van der Waals surface area contributed by atoms with Crippen molar-refractivity contribution in [3.8, 4) is 34.3 Å². The predicted molar refractivity (Wildman–Crippen MR) is 100.0 cm³/mol. The summed E-state index contributed by atoms with van der Waals surface area (Å²) in [6, 6.07) is 14.9. The number of aromatic nitrogens is 4. The van der Waals surface area contributed by atoms with Gasteiger partial charge >= 0.3 is 0 Å². The highest BCUT2D eigenvalue weighted by Crippen LogP contribution is 2.21. The first-order valence-corrected chi connectivity index (χ1v) is 8.69. The van der Waals surface area contributed by atoms with E-state index in [2.05, 4.69) is 20.3 Å². The van der Waals surface area contributed by atoms with Crippen LogP contribution >= 0.6 is 0 Å². The molecule has 0 N–H and O–H groups in total. The fraction of sp³-hybridized carbons (Fsp3) is 0.200. The van der Waals surface area contributed by atoms with Gasteiger partial charge in [0, 0.05) is 24.0 Å². The van der Waals surface area contributed by atoms with E-state index < -0.39 is 0 Å². The van der Waals surface area contributed by atoms with Crippen molar-refractivity contribution in [1.82, 2.24) is 20.3 Å². The van der Waals surface area contributed by atoms with E-state index in [-0.39, 0.29) is 0 Å². The maximum absolute atomic E-state index is 5.32. The Balaban J connectivity index is 1.39. The Morgan fingerprint density at radius 3 is 1.39 bits per heavy atom. The summed E-state index contributed by atoms with van der Waals surface area (Å²) in [7, 11) is 3.25. The molecule has 28 heavy (non-hydrogen) atoms. The van der Waals surface area contributed by atoms with E-state index in [1.807, 2.05) is 48.5 Å². The van der Waals surface area contributed by atoms with Gasteiger partial charge in [0.05, 0.1) is 14.2 Å². The molecule has 142 valence electrons. The molecule has 0 aliphatic rings. The van der Waals surface area contributed by atoms with Crippen LogP contribution in [-0.2, 0) is 12.8 Å². The Kier molecular flexibility index (Phi) is 5.01. The van der Waals surface area contributed by atoms with Gasteiger partial charge in [-0.2, -0.15) is 9.97 Å². The zero-order valence-corrected chi connectivity index (χ0v) is 15.5.